The molecule has 1 unspecified atom stereocenters. The van der Waals surface area contributed by atoms with E-state index >= 15 is 0 Å². The van der Waals surface area contributed by atoms with Crippen LogP contribution in [0.2, 0.25) is 0 Å². The highest BCUT2D eigenvalue weighted by molar-refractivity contribution is 8.00. The van der Waals surface area contributed by atoms with Crippen molar-refractivity contribution >= 4 is 45.0 Å². The minimum atomic E-state index is -3.35. The van der Waals surface area contributed by atoms with Crippen molar-refractivity contribution in [3.63, 3.8) is 0 Å². The van der Waals surface area contributed by atoms with Gasteiger partial charge in [-0.15, -0.1) is 11.8 Å². The summed E-state index contributed by atoms with van der Waals surface area (Å²) in [5, 5.41) is 0.388. The third-order valence-electron chi connectivity index (χ3n) is 5.44. The molecule has 2 aliphatic heterocycles. The first-order valence-corrected chi connectivity index (χ1v) is 12.8. The Morgan fingerprint density at radius 1 is 1.13 bits per heavy atom. The fourth-order valence-electron chi connectivity index (χ4n) is 3.88. The maximum absolute atomic E-state index is 12.9. The third kappa shape index (κ3) is 4.57. The van der Waals surface area contributed by atoms with Gasteiger partial charge in [0.05, 0.1) is 23.2 Å². The molecular formula is C22H24N2O5S2. The number of sulfonamides is 1. The largest absolute Gasteiger partial charge is 0.452 e. The molecule has 0 saturated carbocycles. The van der Waals surface area contributed by atoms with Gasteiger partial charge in [-0.3, -0.25) is 9.10 Å². The predicted molar refractivity (Wildman–Crippen MR) is 121 cm³/mol. The molecule has 0 fully saturated rings. The van der Waals surface area contributed by atoms with Crippen molar-refractivity contribution in [2.45, 2.75) is 29.9 Å². The molecule has 4 rings (SSSR count). The molecule has 164 valence electrons. The maximum atomic E-state index is 12.9. The maximum Gasteiger partial charge on any atom is 0.338 e. The van der Waals surface area contributed by atoms with Gasteiger partial charge < -0.3 is 9.64 Å². The number of thioether (sulfide) groups is 1. The Morgan fingerprint density at radius 3 is 2.68 bits per heavy atom. The average molecular weight is 461 g/mol. The Labute approximate surface area is 186 Å². The number of rotatable bonds is 4. The lowest BCUT2D eigenvalue weighted by Crippen LogP contribution is -2.35. The lowest BCUT2D eigenvalue weighted by atomic mass is 10.1. The zero-order valence-electron chi connectivity index (χ0n) is 17.4. The summed E-state index contributed by atoms with van der Waals surface area (Å²) in [6.07, 6.45) is 2.54. The molecule has 1 atom stereocenters. The number of para-hydroxylation sites is 1. The number of hydrogen-bond acceptors (Lipinski definition) is 6. The number of nitrogens with zero attached hydrogens (tertiary/aromatic N) is 2. The topological polar surface area (TPSA) is 84.0 Å². The zero-order chi connectivity index (χ0) is 22.2. The van der Waals surface area contributed by atoms with Crippen LogP contribution in [0.25, 0.3) is 0 Å². The molecule has 2 heterocycles. The van der Waals surface area contributed by atoms with Crippen LogP contribution in [0, 0.1) is 0 Å². The number of benzene rings is 2. The molecule has 2 aromatic rings. The van der Waals surface area contributed by atoms with E-state index in [9.17, 15) is 18.0 Å². The van der Waals surface area contributed by atoms with Gasteiger partial charge in [0.25, 0.3) is 5.91 Å². The van der Waals surface area contributed by atoms with E-state index in [2.05, 4.69) is 6.92 Å². The van der Waals surface area contributed by atoms with Crippen molar-refractivity contribution in [2.24, 2.45) is 0 Å². The van der Waals surface area contributed by atoms with Gasteiger partial charge in [0, 0.05) is 23.2 Å². The van der Waals surface area contributed by atoms with Crippen LogP contribution in [0.1, 0.15) is 29.3 Å². The van der Waals surface area contributed by atoms with Crippen molar-refractivity contribution in [1.82, 2.24) is 0 Å². The average Bonchev–Trinajstić information content (AvgIpc) is 3.09. The number of hydrogen-bond donors (Lipinski definition) is 0. The number of amides is 1. The molecule has 0 bridgehead atoms. The summed E-state index contributed by atoms with van der Waals surface area (Å²) in [7, 11) is -3.35. The quantitative estimate of drug-likeness (QED) is 0.652. The summed E-state index contributed by atoms with van der Waals surface area (Å²) in [4.78, 5) is 28.1. The van der Waals surface area contributed by atoms with Crippen molar-refractivity contribution in [1.29, 1.82) is 0 Å². The predicted octanol–water partition coefficient (Wildman–Crippen LogP) is 3.08. The molecule has 0 N–H and O–H groups in total. The molecule has 0 spiro atoms. The molecule has 0 aliphatic carbocycles. The number of esters is 1. The highest BCUT2D eigenvalue weighted by Crippen LogP contribution is 2.37. The number of ether oxygens (including phenoxy) is 1. The molecular weight excluding hydrogens is 436 g/mol. The first-order valence-electron chi connectivity index (χ1n) is 10.1. The summed E-state index contributed by atoms with van der Waals surface area (Å²) < 4.78 is 30.4. The standard InChI is InChI=1S/C22H24N2O5S2/c1-15-9-11-23(19-5-3-4-6-20(19)30-15)21(25)14-29-22(26)17-7-8-18-16(13-17)10-12-24(18)31(2,27)28/h3-8,13,15H,9-12,14H2,1-2H3. The minimum Gasteiger partial charge on any atom is -0.452 e. The van der Waals surface area contributed by atoms with E-state index in [0.717, 1.165) is 28.8 Å². The van der Waals surface area contributed by atoms with E-state index in [0.29, 0.717) is 36.0 Å². The van der Waals surface area contributed by atoms with E-state index < -0.39 is 16.0 Å². The minimum absolute atomic E-state index is 0.264. The highest BCUT2D eigenvalue weighted by atomic mass is 32.2. The Bertz CT molecular complexity index is 1130. The van der Waals surface area contributed by atoms with Crippen LogP contribution in [0.4, 0.5) is 11.4 Å². The van der Waals surface area contributed by atoms with E-state index in [-0.39, 0.29) is 12.5 Å². The van der Waals surface area contributed by atoms with E-state index in [1.54, 1.807) is 28.8 Å². The Hall–Kier alpha value is -2.52. The Balaban J connectivity index is 1.44. The van der Waals surface area contributed by atoms with Crippen LogP contribution in [0.15, 0.2) is 47.4 Å². The molecule has 31 heavy (non-hydrogen) atoms. The van der Waals surface area contributed by atoms with Gasteiger partial charge in [0.15, 0.2) is 6.61 Å². The fraction of sp³-hybridized carbons (Fsp3) is 0.364. The summed E-state index contributed by atoms with van der Waals surface area (Å²) in [5.41, 5.74) is 2.51. The van der Waals surface area contributed by atoms with Crippen LogP contribution in [-0.4, -0.2) is 51.5 Å². The first kappa shape index (κ1) is 21.7. The second-order valence-corrected chi connectivity index (χ2v) is 11.1. The van der Waals surface area contributed by atoms with Crippen LogP contribution < -0.4 is 9.21 Å². The monoisotopic (exact) mass is 460 g/mol. The second-order valence-electron chi connectivity index (χ2n) is 7.73. The molecule has 0 radical (unpaired) electrons. The van der Waals surface area contributed by atoms with E-state index in [4.69, 9.17) is 4.74 Å². The smallest absolute Gasteiger partial charge is 0.338 e. The number of carbonyl (C=O) groups is 2. The van der Waals surface area contributed by atoms with Crippen molar-refractivity contribution in [3.8, 4) is 0 Å². The van der Waals surface area contributed by atoms with Gasteiger partial charge in [-0.05, 0) is 48.7 Å². The molecule has 7 nitrogen and oxygen atoms in total. The van der Waals surface area contributed by atoms with E-state index in [1.807, 2.05) is 24.3 Å². The van der Waals surface area contributed by atoms with Crippen molar-refractivity contribution in [2.75, 3.05) is 35.2 Å². The lowest BCUT2D eigenvalue weighted by Gasteiger charge is -2.22. The lowest BCUT2D eigenvalue weighted by molar-refractivity contribution is -0.121. The SMILES string of the molecule is CC1CCN(C(=O)COC(=O)c2ccc3c(c2)CCN3S(C)(=O)=O)c2ccccc2S1. The van der Waals surface area contributed by atoms with Crippen LogP contribution >= 0.6 is 11.8 Å². The second kappa shape index (κ2) is 8.55. The molecule has 2 aromatic carbocycles. The zero-order valence-corrected chi connectivity index (χ0v) is 19.0. The summed E-state index contributed by atoms with van der Waals surface area (Å²) in [6.45, 7) is 2.71. The molecule has 0 aromatic heterocycles. The number of carbonyl (C=O) groups excluding carboxylic acids is 2. The number of fused-ring (bicyclic) bond motifs is 2. The van der Waals surface area contributed by atoms with Gasteiger partial charge in [-0.25, -0.2) is 13.2 Å². The molecule has 0 saturated heterocycles. The van der Waals surface area contributed by atoms with Gasteiger partial charge in [0.2, 0.25) is 10.0 Å². The first-order chi connectivity index (χ1) is 14.7. The van der Waals surface area contributed by atoms with Crippen molar-refractivity contribution < 1.29 is 22.7 Å². The van der Waals surface area contributed by atoms with Crippen LogP contribution in [0.5, 0.6) is 0 Å². The molecule has 9 heteroatoms. The fourth-order valence-corrected chi connectivity index (χ4v) is 5.95. The third-order valence-corrected chi connectivity index (χ3v) is 7.86. The number of anilines is 2. The highest BCUT2D eigenvalue weighted by Gasteiger charge is 2.28. The summed E-state index contributed by atoms with van der Waals surface area (Å²) in [6, 6.07) is 12.6. The Morgan fingerprint density at radius 2 is 1.90 bits per heavy atom. The van der Waals surface area contributed by atoms with Crippen LogP contribution in [-0.2, 0) is 26.0 Å². The van der Waals surface area contributed by atoms with Crippen LogP contribution in [0.3, 0.4) is 0 Å². The molecule has 1 amide bonds. The van der Waals surface area contributed by atoms with E-state index in [1.165, 1.54) is 10.4 Å². The van der Waals surface area contributed by atoms with Gasteiger partial charge >= 0.3 is 5.97 Å². The van der Waals surface area contributed by atoms with Gasteiger partial charge in [0.1, 0.15) is 0 Å². The molecule has 2 aliphatic rings. The summed E-state index contributed by atoms with van der Waals surface area (Å²) >= 11 is 1.74. The Kier molecular flexibility index (Phi) is 5.98. The van der Waals surface area contributed by atoms with Gasteiger partial charge in [-0.2, -0.15) is 0 Å². The van der Waals surface area contributed by atoms with Gasteiger partial charge in [-0.1, -0.05) is 19.1 Å². The summed E-state index contributed by atoms with van der Waals surface area (Å²) in [5.74, 6) is -0.861. The normalized spacial score (nSPS) is 18.2. The van der Waals surface area contributed by atoms with Crippen molar-refractivity contribution in [3.05, 3.63) is 53.6 Å².